The third kappa shape index (κ3) is 2.48. The first-order valence-electron chi connectivity index (χ1n) is 9.17. The Morgan fingerprint density at radius 2 is 1.92 bits per heavy atom. The molecular weight excluding hydrogens is 314 g/mol. The van der Waals surface area contributed by atoms with Crippen molar-refractivity contribution in [3.05, 3.63) is 42.0 Å². The molecule has 128 valence electrons. The number of hydrogen-bond donors (Lipinski definition) is 1. The molecule has 1 saturated carbocycles. The van der Waals surface area contributed by atoms with Gasteiger partial charge in [0.05, 0.1) is 6.10 Å². The maximum absolute atomic E-state index is 11.7. The highest BCUT2D eigenvalue weighted by Gasteiger charge is 2.28. The fraction of sp³-hybridized carbons (Fsp3) is 0.381. The average molecular weight is 335 g/mol. The lowest BCUT2D eigenvalue weighted by Gasteiger charge is -2.16. The van der Waals surface area contributed by atoms with Crippen molar-refractivity contribution in [3.63, 3.8) is 0 Å². The van der Waals surface area contributed by atoms with Gasteiger partial charge in [0.15, 0.2) is 11.3 Å². The Balaban J connectivity index is 1.68. The van der Waals surface area contributed by atoms with Crippen molar-refractivity contribution in [2.24, 2.45) is 0 Å². The minimum atomic E-state index is 0.122. The van der Waals surface area contributed by atoms with E-state index in [0.29, 0.717) is 13.0 Å². The van der Waals surface area contributed by atoms with Gasteiger partial charge < -0.3 is 14.5 Å². The van der Waals surface area contributed by atoms with Crippen LogP contribution in [0.2, 0.25) is 0 Å². The topological polar surface area (TPSA) is 51.5 Å². The van der Waals surface area contributed by atoms with E-state index in [-0.39, 0.29) is 17.9 Å². The van der Waals surface area contributed by atoms with E-state index in [1.807, 2.05) is 24.3 Å². The third-order valence-corrected chi connectivity index (χ3v) is 5.54. The molecule has 1 aliphatic heterocycles. The molecule has 4 heteroatoms. The number of fused-ring (bicyclic) bond motifs is 3. The van der Waals surface area contributed by atoms with Gasteiger partial charge in [-0.3, -0.25) is 4.79 Å². The van der Waals surface area contributed by atoms with Gasteiger partial charge in [-0.25, -0.2) is 0 Å². The van der Waals surface area contributed by atoms with Gasteiger partial charge in [-0.2, -0.15) is 0 Å². The van der Waals surface area contributed by atoms with Crippen LogP contribution >= 0.6 is 0 Å². The molecule has 3 aromatic rings. The van der Waals surface area contributed by atoms with E-state index in [0.717, 1.165) is 40.5 Å². The molecule has 0 spiro atoms. The van der Waals surface area contributed by atoms with E-state index in [1.165, 1.54) is 18.4 Å². The molecule has 2 heterocycles. The first kappa shape index (κ1) is 14.8. The van der Waals surface area contributed by atoms with Crippen LogP contribution in [0.5, 0.6) is 5.75 Å². The summed E-state index contributed by atoms with van der Waals surface area (Å²) in [5.41, 5.74) is 2.88. The predicted molar refractivity (Wildman–Crippen MR) is 97.0 cm³/mol. The van der Waals surface area contributed by atoms with Gasteiger partial charge in [0, 0.05) is 29.7 Å². The SMILES string of the molecule is O=C1CC(c2ccc(OC3CCCC3)c3oc4ccccc4c23)CN1. The largest absolute Gasteiger partial charge is 0.486 e. The molecule has 1 amide bonds. The summed E-state index contributed by atoms with van der Waals surface area (Å²) < 4.78 is 12.5. The highest BCUT2D eigenvalue weighted by molar-refractivity contribution is 6.09. The molecule has 0 radical (unpaired) electrons. The zero-order valence-electron chi connectivity index (χ0n) is 14.1. The molecule has 0 bridgehead atoms. The van der Waals surface area contributed by atoms with Gasteiger partial charge in [-0.1, -0.05) is 24.3 Å². The highest BCUT2D eigenvalue weighted by atomic mass is 16.5. The molecule has 1 aromatic heterocycles. The highest BCUT2D eigenvalue weighted by Crippen LogP contribution is 2.41. The van der Waals surface area contributed by atoms with Crippen molar-refractivity contribution in [1.82, 2.24) is 5.32 Å². The van der Waals surface area contributed by atoms with E-state index >= 15 is 0 Å². The summed E-state index contributed by atoms with van der Waals surface area (Å²) in [7, 11) is 0. The Bertz CT molecular complexity index is 952. The number of nitrogens with one attached hydrogen (secondary N) is 1. The predicted octanol–water partition coefficient (Wildman–Crippen LogP) is 4.51. The van der Waals surface area contributed by atoms with Crippen LogP contribution in [-0.2, 0) is 4.79 Å². The zero-order chi connectivity index (χ0) is 16.8. The van der Waals surface area contributed by atoms with Crippen LogP contribution < -0.4 is 10.1 Å². The van der Waals surface area contributed by atoms with Crippen molar-refractivity contribution in [2.75, 3.05) is 6.54 Å². The number of ether oxygens (including phenoxy) is 1. The van der Waals surface area contributed by atoms with Crippen molar-refractivity contribution in [2.45, 2.75) is 44.1 Å². The molecule has 4 nitrogen and oxygen atoms in total. The van der Waals surface area contributed by atoms with E-state index in [1.54, 1.807) is 0 Å². The number of para-hydroxylation sites is 1. The Kier molecular flexibility index (Phi) is 3.44. The second kappa shape index (κ2) is 5.80. The van der Waals surface area contributed by atoms with Gasteiger partial charge in [0.2, 0.25) is 5.91 Å². The summed E-state index contributed by atoms with van der Waals surface area (Å²) >= 11 is 0. The van der Waals surface area contributed by atoms with E-state index in [9.17, 15) is 4.79 Å². The van der Waals surface area contributed by atoms with Crippen LogP contribution in [0.1, 0.15) is 43.6 Å². The standard InChI is InChI=1S/C21H21NO3/c23-19-11-13(12-22-19)15-9-10-18(24-14-5-1-2-6-14)21-20(15)16-7-3-4-8-17(16)25-21/h3-4,7-10,13-14H,1-2,5-6,11-12H2,(H,22,23). The first-order valence-corrected chi connectivity index (χ1v) is 9.17. The number of furan rings is 1. The second-order valence-corrected chi connectivity index (χ2v) is 7.18. The molecule has 1 unspecified atom stereocenters. The summed E-state index contributed by atoms with van der Waals surface area (Å²) in [6.45, 7) is 0.691. The minimum absolute atomic E-state index is 0.122. The van der Waals surface area contributed by atoms with Crippen LogP contribution in [-0.4, -0.2) is 18.6 Å². The summed E-state index contributed by atoms with van der Waals surface area (Å²) in [4.78, 5) is 11.7. The quantitative estimate of drug-likeness (QED) is 0.766. The molecule has 2 fully saturated rings. The Morgan fingerprint density at radius 3 is 2.72 bits per heavy atom. The maximum Gasteiger partial charge on any atom is 0.220 e. The number of carbonyl (C=O) groups is 1. The number of hydrogen-bond acceptors (Lipinski definition) is 3. The van der Waals surface area contributed by atoms with E-state index in [4.69, 9.17) is 9.15 Å². The molecule has 2 aliphatic rings. The lowest BCUT2D eigenvalue weighted by Crippen LogP contribution is -2.13. The fourth-order valence-electron chi connectivity index (χ4n) is 4.27. The third-order valence-electron chi connectivity index (χ3n) is 5.54. The van der Waals surface area contributed by atoms with Gasteiger partial charge >= 0.3 is 0 Å². The number of amides is 1. The van der Waals surface area contributed by atoms with Gasteiger partial charge in [-0.05, 0) is 43.4 Å². The van der Waals surface area contributed by atoms with E-state index < -0.39 is 0 Å². The normalized spacial score (nSPS) is 21.3. The molecular formula is C21H21NO3. The monoisotopic (exact) mass is 335 g/mol. The summed E-state index contributed by atoms with van der Waals surface area (Å²) in [6, 6.07) is 12.3. The Labute approximate surface area is 146 Å². The molecule has 1 atom stereocenters. The molecule has 5 rings (SSSR count). The van der Waals surface area contributed by atoms with Gasteiger partial charge in [-0.15, -0.1) is 0 Å². The number of rotatable bonds is 3. The van der Waals surface area contributed by atoms with Gasteiger partial charge in [0.25, 0.3) is 0 Å². The van der Waals surface area contributed by atoms with Crippen molar-refractivity contribution >= 4 is 27.8 Å². The lowest BCUT2D eigenvalue weighted by atomic mass is 9.93. The minimum Gasteiger partial charge on any atom is -0.486 e. The second-order valence-electron chi connectivity index (χ2n) is 7.18. The summed E-state index contributed by atoms with van der Waals surface area (Å²) in [5.74, 6) is 1.15. The number of benzene rings is 2. The Hall–Kier alpha value is -2.49. The van der Waals surface area contributed by atoms with Crippen LogP contribution in [0.3, 0.4) is 0 Å². The smallest absolute Gasteiger partial charge is 0.220 e. The molecule has 1 aliphatic carbocycles. The maximum atomic E-state index is 11.7. The van der Waals surface area contributed by atoms with Crippen molar-refractivity contribution in [3.8, 4) is 5.75 Å². The van der Waals surface area contributed by atoms with Crippen molar-refractivity contribution < 1.29 is 13.9 Å². The molecule has 1 saturated heterocycles. The first-order chi connectivity index (χ1) is 12.3. The zero-order valence-corrected chi connectivity index (χ0v) is 14.1. The van der Waals surface area contributed by atoms with Crippen molar-refractivity contribution in [1.29, 1.82) is 0 Å². The lowest BCUT2D eigenvalue weighted by molar-refractivity contribution is -0.119. The molecule has 25 heavy (non-hydrogen) atoms. The molecule has 2 aromatic carbocycles. The fourth-order valence-corrected chi connectivity index (χ4v) is 4.27. The summed E-state index contributed by atoms with van der Waals surface area (Å²) in [5, 5.41) is 5.15. The van der Waals surface area contributed by atoms with Crippen LogP contribution in [0.15, 0.2) is 40.8 Å². The van der Waals surface area contributed by atoms with Crippen LogP contribution in [0.4, 0.5) is 0 Å². The van der Waals surface area contributed by atoms with Crippen LogP contribution in [0.25, 0.3) is 21.9 Å². The Morgan fingerprint density at radius 1 is 1.08 bits per heavy atom. The van der Waals surface area contributed by atoms with E-state index in [2.05, 4.69) is 17.4 Å². The van der Waals surface area contributed by atoms with Crippen LogP contribution in [0, 0.1) is 0 Å². The average Bonchev–Trinajstić information content (AvgIpc) is 3.35. The number of carbonyl (C=O) groups excluding carboxylic acids is 1. The van der Waals surface area contributed by atoms with Gasteiger partial charge in [0.1, 0.15) is 5.58 Å². The molecule has 1 N–H and O–H groups in total. The summed E-state index contributed by atoms with van der Waals surface area (Å²) in [6.07, 6.45) is 5.54.